The van der Waals surface area contributed by atoms with Gasteiger partial charge < -0.3 is 4.74 Å². The summed E-state index contributed by atoms with van der Waals surface area (Å²) in [5.74, 6) is 1.48. The molecule has 0 aliphatic heterocycles. The Morgan fingerprint density at radius 1 is 0.562 bits per heavy atom. The lowest BCUT2D eigenvalue weighted by Crippen LogP contribution is -2.14. The van der Waals surface area contributed by atoms with Crippen molar-refractivity contribution < 1.29 is 9.53 Å². The molecule has 0 aliphatic carbocycles. The van der Waals surface area contributed by atoms with Crippen LogP contribution in [-0.2, 0) is 9.53 Å². The summed E-state index contributed by atoms with van der Waals surface area (Å²) in [6.07, 6.45) is 28.5. The van der Waals surface area contributed by atoms with Crippen molar-refractivity contribution >= 4 is 5.97 Å². The molecule has 0 fully saturated rings. The second kappa shape index (κ2) is 25.1. The van der Waals surface area contributed by atoms with Crippen LogP contribution in [0.5, 0.6) is 0 Å². The van der Waals surface area contributed by atoms with Gasteiger partial charge in [0.25, 0.3) is 0 Å². The Bertz CT molecular complexity index is 377. The minimum Gasteiger partial charge on any atom is -0.465 e. The molecule has 0 amide bonds. The second-order valence-electron chi connectivity index (χ2n) is 10.7. The molecule has 0 aromatic rings. The monoisotopic (exact) mass is 452 g/mol. The van der Waals surface area contributed by atoms with Crippen LogP contribution < -0.4 is 0 Å². The van der Waals surface area contributed by atoms with Gasteiger partial charge in [-0.2, -0.15) is 0 Å². The van der Waals surface area contributed by atoms with Gasteiger partial charge in [0.2, 0.25) is 0 Å². The van der Waals surface area contributed by atoms with Crippen molar-refractivity contribution in [3.05, 3.63) is 0 Å². The van der Waals surface area contributed by atoms with E-state index in [4.69, 9.17) is 4.74 Å². The first kappa shape index (κ1) is 31.5. The van der Waals surface area contributed by atoms with Gasteiger partial charge in [-0.1, -0.05) is 143 Å². The lowest BCUT2D eigenvalue weighted by atomic mass is 9.97. The highest BCUT2D eigenvalue weighted by molar-refractivity contribution is 5.69. The Morgan fingerprint density at radius 3 is 1.50 bits per heavy atom. The van der Waals surface area contributed by atoms with E-state index in [9.17, 15) is 4.79 Å². The summed E-state index contributed by atoms with van der Waals surface area (Å²) in [5, 5.41) is 0. The van der Waals surface area contributed by atoms with E-state index in [2.05, 4.69) is 27.7 Å². The van der Waals surface area contributed by atoms with Crippen molar-refractivity contribution in [1.29, 1.82) is 0 Å². The molecule has 0 aromatic heterocycles. The Kier molecular flexibility index (Phi) is 24.7. The first-order valence-corrected chi connectivity index (χ1v) is 14.8. The summed E-state index contributed by atoms with van der Waals surface area (Å²) in [5.41, 5.74) is 0. The van der Waals surface area contributed by atoms with E-state index in [-0.39, 0.29) is 5.97 Å². The van der Waals surface area contributed by atoms with Crippen LogP contribution in [0.4, 0.5) is 0 Å². The Morgan fingerprint density at radius 2 is 1.03 bits per heavy atom. The van der Waals surface area contributed by atoms with Crippen LogP contribution in [0.25, 0.3) is 0 Å². The Hall–Kier alpha value is -0.530. The number of ether oxygens (including phenoxy) is 1. The molecule has 0 aromatic carbocycles. The molecular weight excluding hydrogens is 392 g/mol. The molecule has 0 spiro atoms. The number of unbranched alkanes of at least 4 members (excludes halogenated alkanes) is 15. The average Bonchev–Trinajstić information content (AvgIpc) is 2.77. The SMILES string of the molecule is CCCCCC(CCC)COC(=O)CCCCCCCCCCCCCCCCC(C)C. The van der Waals surface area contributed by atoms with Crippen LogP contribution in [-0.4, -0.2) is 12.6 Å². The van der Waals surface area contributed by atoms with Gasteiger partial charge in [-0.25, -0.2) is 0 Å². The van der Waals surface area contributed by atoms with E-state index in [0.717, 1.165) is 12.3 Å². The van der Waals surface area contributed by atoms with Crippen molar-refractivity contribution in [2.45, 2.75) is 169 Å². The normalized spacial score (nSPS) is 12.4. The fourth-order valence-electron chi connectivity index (χ4n) is 4.63. The number of esters is 1. The average molecular weight is 453 g/mol. The Balaban J connectivity index is 3.36. The molecule has 0 saturated carbocycles. The molecule has 0 rings (SSSR count). The molecule has 0 aliphatic rings. The van der Waals surface area contributed by atoms with E-state index in [1.807, 2.05) is 0 Å². The summed E-state index contributed by atoms with van der Waals surface area (Å²) >= 11 is 0. The Labute approximate surface area is 203 Å². The van der Waals surface area contributed by atoms with Gasteiger partial charge in [-0.3, -0.25) is 4.79 Å². The first-order chi connectivity index (χ1) is 15.6. The van der Waals surface area contributed by atoms with Crippen molar-refractivity contribution in [1.82, 2.24) is 0 Å². The highest BCUT2D eigenvalue weighted by atomic mass is 16.5. The third-order valence-corrected chi connectivity index (χ3v) is 6.81. The van der Waals surface area contributed by atoms with Gasteiger partial charge in [0.15, 0.2) is 0 Å². The number of hydrogen-bond acceptors (Lipinski definition) is 2. The summed E-state index contributed by atoms with van der Waals surface area (Å²) in [6.45, 7) is 9.78. The molecule has 0 N–H and O–H groups in total. The molecular formula is C30H60O2. The molecule has 0 saturated heterocycles. The highest BCUT2D eigenvalue weighted by Crippen LogP contribution is 2.17. The van der Waals surface area contributed by atoms with Crippen LogP contribution in [0.1, 0.15) is 169 Å². The molecule has 0 bridgehead atoms. The highest BCUT2D eigenvalue weighted by Gasteiger charge is 2.11. The smallest absolute Gasteiger partial charge is 0.305 e. The molecule has 32 heavy (non-hydrogen) atoms. The maximum absolute atomic E-state index is 12.0. The molecule has 1 atom stereocenters. The van der Waals surface area contributed by atoms with E-state index in [0.29, 0.717) is 18.9 Å². The fourth-order valence-corrected chi connectivity index (χ4v) is 4.63. The quantitative estimate of drug-likeness (QED) is 0.102. The predicted molar refractivity (Wildman–Crippen MR) is 142 cm³/mol. The largest absolute Gasteiger partial charge is 0.465 e. The van der Waals surface area contributed by atoms with Gasteiger partial charge in [0, 0.05) is 6.42 Å². The number of hydrogen-bond donors (Lipinski definition) is 0. The standard InChI is InChI=1S/C30H60O2/c1-5-7-20-25-29(23-6-2)27-32-30(31)26-22-19-17-15-13-11-9-8-10-12-14-16-18-21-24-28(3)4/h28-29H,5-27H2,1-4H3. The minimum atomic E-state index is 0.0292. The molecule has 2 heteroatoms. The van der Waals surface area contributed by atoms with Crippen molar-refractivity contribution in [2.75, 3.05) is 6.61 Å². The van der Waals surface area contributed by atoms with Gasteiger partial charge in [-0.15, -0.1) is 0 Å². The number of carbonyl (C=O) groups excluding carboxylic acids is 1. The maximum atomic E-state index is 12.0. The predicted octanol–water partition coefficient (Wildman–Crippen LogP) is 10.4. The van der Waals surface area contributed by atoms with Gasteiger partial charge in [0.05, 0.1) is 6.61 Å². The van der Waals surface area contributed by atoms with Crippen LogP contribution in [0, 0.1) is 11.8 Å². The third-order valence-electron chi connectivity index (χ3n) is 6.81. The topological polar surface area (TPSA) is 26.3 Å². The first-order valence-electron chi connectivity index (χ1n) is 14.8. The van der Waals surface area contributed by atoms with Gasteiger partial charge in [-0.05, 0) is 31.1 Å². The van der Waals surface area contributed by atoms with Crippen LogP contribution in [0.2, 0.25) is 0 Å². The van der Waals surface area contributed by atoms with Crippen LogP contribution in [0.15, 0.2) is 0 Å². The summed E-state index contributed by atoms with van der Waals surface area (Å²) in [6, 6.07) is 0. The van der Waals surface area contributed by atoms with Crippen molar-refractivity contribution in [2.24, 2.45) is 11.8 Å². The summed E-state index contributed by atoms with van der Waals surface area (Å²) in [7, 11) is 0. The van der Waals surface area contributed by atoms with E-state index in [1.165, 1.54) is 128 Å². The summed E-state index contributed by atoms with van der Waals surface area (Å²) in [4.78, 5) is 12.0. The lowest BCUT2D eigenvalue weighted by Gasteiger charge is -2.16. The third kappa shape index (κ3) is 24.1. The molecule has 192 valence electrons. The zero-order chi connectivity index (χ0) is 23.7. The van der Waals surface area contributed by atoms with Crippen LogP contribution in [0.3, 0.4) is 0 Å². The molecule has 0 heterocycles. The minimum absolute atomic E-state index is 0.0292. The van der Waals surface area contributed by atoms with Crippen molar-refractivity contribution in [3.8, 4) is 0 Å². The van der Waals surface area contributed by atoms with Gasteiger partial charge in [0.1, 0.15) is 0 Å². The van der Waals surface area contributed by atoms with E-state index >= 15 is 0 Å². The van der Waals surface area contributed by atoms with E-state index in [1.54, 1.807) is 0 Å². The van der Waals surface area contributed by atoms with Crippen LogP contribution >= 0.6 is 0 Å². The maximum Gasteiger partial charge on any atom is 0.305 e. The fraction of sp³-hybridized carbons (Fsp3) is 0.967. The summed E-state index contributed by atoms with van der Waals surface area (Å²) < 4.78 is 5.58. The molecule has 2 nitrogen and oxygen atoms in total. The number of carbonyl (C=O) groups is 1. The lowest BCUT2D eigenvalue weighted by molar-refractivity contribution is -0.145. The zero-order valence-corrected chi connectivity index (χ0v) is 22.7. The zero-order valence-electron chi connectivity index (χ0n) is 22.7. The van der Waals surface area contributed by atoms with E-state index < -0.39 is 0 Å². The molecule has 1 unspecified atom stereocenters. The molecule has 0 radical (unpaired) electrons. The number of rotatable bonds is 25. The van der Waals surface area contributed by atoms with Crippen molar-refractivity contribution in [3.63, 3.8) is 0 Å². The second-order valence-corrected chi connectivity index (χ2v) is 10.7. The van der Waals surface area contributed by atoms with Gasteiger partial charge >= 0.3 is 5.97 Å².